The molecule has 2 rings (SSSR count). The topological polar surface area (TPSA) is 15.3 Å². The van der Waals surface area contributed by atoms with Gasteiger partial charge in [-0.2, -0.15) is 0 Å². The highest BCUT2D eigenvalue weighted by Crippen LogP contribution is 2.11. The van der Waals surface area contributed by atoms with Crippen molar-refractivity contribution in [3.8, 4) is 0 Å². The molecular formula is C14H22N2. The fraction of sp³-hybridized carbons (Fsp3) is 0.571. The third kappa shape index (κ3) is 3.53. The molecule has 16 heavy (non-hydrogen) atoms. The number of para-hydroxylation sites is 1. The summed E-state index contributed by atoms with van der Waals surface area (Å²) in [6, 6.07) is 11.0. The molecule has 0 unspecified atom stereocenters. The summed E-state index contributed by atoms with van der Waals surface area (Å²) in [6.07, 6.45) is 4.16. The van der Waals surface area contributed by atoms with E-state index in [0.717, 1.165) is 6.54 Å². The van der Waals surface area contributed by atoms with Crippen LogP contribution in [0.2, 0.25) is 0 Å². The summed E-state index contributed by atoms with van der Waals surface area (Å²) in [7, 11) is 0. The van der Waals surface area contributed by atoms with Crippen molar-refractivity contribution in [2.75, 3.05) is 25.0 Å². The molecule has 1 atom stereocenters. The lowest BCUT2D eigenvalue weighted by molar-refractivity contribution is 0.223. The molecule has 1 aromatic carbocycles. The van der Waals surface area contributed by atoms with Gasteiger partial charge in [0, 0.05) is 18.3 Å². The summed E-state index contributed by atoms with van der Waals surface area (Å²) < 4.78 is 0. The van der Waals surface area contributed by atoms with Crippen molar-refractivity contribution in [3.63, 3.8) is 0 Å². The van der Waals surface area contributed by atoms with Gasteiger partial charge in [0.1, 0.15) is 0 Å². The molecule has 1 N–H and O–H groups in total. The van der Waals surface area contributed by atoms with Crippen LogP contribution in [0.1, 0.15) is 26.2 Å². The predicted molar refractivity (Wildman–Crippen MR) is 69.8 cm³/mol. The summed E-state index contributed by atoms with van der Waals surface area (Å²) in [6.45, 7) is 5.98. The maximum absolute atomic E-state index is 3.55. The number of hydrogen-bond donors (Lipinski definition) is 1. The molecule has 2 nitrogen and oxygen atoms in total. The lowest BCUT2D eigenvalue weighted by atomic mass is 10.1. The van der Waals surface area contributed by atoms with E-state index in [4.69, 9.17) is 0 Å². The third-order valence-electron chi connectivity index (χ3n) is 3.17. The zero-order chi connectivity index (χ0) is 11.2. The van der Waals surface area contributed by atoms with Gasteiger partial charge >= 0.3 is 0 Å². The Morgan fingerprint density at radius 1 is 1.12 bits per heavy atom. The number of nitrogens with zero attached hydrogens (tertiary/aromatic N) is 1. The molecule has 0 radical (unpaired) electrons. The summed E-state index contributed by atoms with van der Waals surface area (Å²) in [4.78, 5) is 2.57. The van der Waals surface area contributed by atoms with Gasteiger partial charge in [0.15, 0.2) is 0 Å². The minimum atomic E-state index is 0.528. The number of anilines is 1. The third-order valence-corrected chi connectivity index (χ3v) is 3.17. The van der Waals surface area contributed by atoms with E-state index >= 15 is 0 Å². The van der Waals surface area contributed by atoms with E-state index in [-0.39, 0.29) is 0 Å². The zero-order valence-electron chi connectivity index (χ0n) is 10.2. The first-order valence-corrected chi connectivity index (χ1v) is 6.38. The van der Waals surface area contributed by atoms with E-state index in [9.17, 15) is 0 Å². The van der Waals surface area contributed by atoms with Gasteiger partial charge in [0.2, 0.25) is 0 Å². The van der Waals surface area contributed by atoms with Crippen LogP contribution in [0.4, 0.5) is 5.69 Å². The molecule has 0 aromatic heterocycles. The van der Waals surface area contributed by atoms with Crippen molar-refractivity contribution in [3.05, 3.63) is 30.3 Å². The number of nitrogens with one attached hydrogen (secondary N) is 1. The predicted octanol–water partition coefficient (Wildman–Crippen LogP) is 2.97. The number of benzene rings is 1. The first-order valence-electron chi connectivity index (χ1n) is 6.38. The Bertz CT molecular complexity index is 291. The molecule has 1 heterocycles. The second-order valence-corrected chi connectivity index (χ2v) is 4.77. The van der Waals surface area contributed by atoms with E-state index in [1.165, 1.54) is 38.0 Å². The largest absolute Gasteiger partial charge is 0.381 e. The summed E-state index contributed by atoms with van der Waals surface area (Å²) >= 11 is 0. The molecule has 88 valence electrons. The van der Waals surface area contributed by atoms with Crippen LogP contribution in [0.25, 0.3) is 0 Å². The number of piperidine rings is 1. The van der Waals surface area contributed by atoms with Gasteiger partial charge in [0.25, 0.3) is 0 Å². The van der Waals surface area contributed by atoms with Gasteiger partial charge in [0.05, 0.1) is 0 Å². The Hall–Kier alpha value is -1.02. The van der Waals surface area contributed by atoms with Gasteiger partial charge in [-0.3, -0.25) is 0 Å². The Labute approximate surface area is 98.7 Å². The van der Waals surface area contributed by atoms with Crippen molar-refractivity contribution < 1.29 is 0 Å². The molecule has 0 bridgehead atoms. The summed E-state index contributed by atoms with van der Waals surface area (Å²) in [5.74, 6) is 0. The zero-order valence-corrected chi connectivity index (χ0v) is 10.2. The smallest absolute Gasteiger partial charge is 0.0360 e. The van der Waals surface area contributed by atoms with E-state index < -0.39 is 0 Å². The van der Waals surface area contributed by atoms with E-state index in [0.29, 0.717) is 6.04 Å². The Balaban J connectivity index is 1.77. The standard InChI is InChI=1S/C14H22N2/c1-13(12-16-10-6-3-7-11-16)15-14-8-4-2-5-9-14/h2,4-5,8-9,13,15H,3,6-7,10-12H2,1H3/t13-/m0/s1. The maximum atomic E-state index is 3.55. The Morgan fingerprint density at radius 2 is 1.81 bits per heavy atom. The molecular weight excluding hydrogens is 196 g/mol. The van der Waals surface area contributed by atoms with Crippen LogP contribution in [0, 0.1) is 0 Å². The van der Waals surface area contributed by atoms with Crippen LogP contribution in [-0.4, -0.2) is 30.6 Å². The van der Waals surface area contributed by atoms with E-state index in [1.807, 2.05) is 0 Å². The highest BCUT2D eigenvalue weighted by Gasteiger charge is 2.12. The summed E-state index contributed by atoms with van der Waals surface area (Å²) in [5.41, 5.74) is 1.23. The minimum Gasteiger partial charge on any atom is -0.381 e. The average Bonchev–Trinajstić information content (AvgIpc) is 2.31. The summed E-state index contributed by atoms with van der Waals surface area (Å²) in [5, 5.41) is 3.55. The molecule has 0 aliphatic carbocycles. The van der Waals surface area contributed by atoms with Crippen LogP contribution >= 0.6 is 0 Å². The number of likely N-dealkylation sites (tertiary alicyclic amines) is 1. The van der Waals surface area contributed by atoms with E-state index in [2.05, 4.69) is 47.5 Å². The minimum absolute atomic E-state index is 0.528. The van der Waals surface area contributed by atoms with Crippen molar-refractivity contribution in [2.45, 2.75) is 32.2 Å². The maximum Gasteiger partial charge on any atom is 0.0360 e. The molecule has 1 aliphatic heterocycles. The molecule has 1 saturated heterocycles. The van der Waals surface area contributed by atoms with Crippen LogP contribution in [0.5, 0.6) is 0 Å². The first kappa shape index (κ1) is 11.5. The highest BCUT2D eigenvalue weighted by atomic mass is 15.1. The van der Waals surface area contributed by atoms with Crippen LogP contribution < -0.4 is 5.32 Å². The van der Waals surface area contributed by atoms with Crippen LogP contribution in [-0.2, 0) is 0 Å². The van der Waals surface area contributed by atoms with Crippen molar-refractivity contribution in [1.82, 2.24) is 4.90 Å². The lowest BCUT2D eigenvalue weighted by Crippen LogP contribution is -2.38. The molecule has 0 amide bonds. The van der Waals surface area contributed by atoms with E-state index in [1.54, 1.807) is 0 Å². The Kier molecular flexibility index (Phi) is 4.23. The molecule has 1 aliphatic rings. The van der Waals surface area contributed by atoms with Gasteiger partial charge in [-0.25, -0.2) is 0 Å². The van der Waals surface area contributed by atoms with Gasteiger partial charge in [-0.15, -0.1) is 0 Å². The van der Waals surface area contributed by atoms with Crippen molar-refractivity contribution >= 4 is 5.69 Å². The normalized spacial score (nSPS) is 19.3. The molecule has 1 aromatic rings. The van der Waals surface area contributed by atoms with Crippen molar-refractivity contribution in [2.24, 2.45) is 0 Å². The van der Waals surface area contributed by atoms with Gasteiger partial charge in [-0.1, -0.05) is 24.6 Å². The van der Waals surface area contributed by atoms with Crippen molar-refractivity contribution in [1.29, 1.82) is 0 Å². The van der Waals surface area contributed by atoms with Crippen LogP contribution in [0.15, 0.2) is 30.3 Å². The second-order valence-electron chi connectivity index (χ2n) is 4.77. The number of rotatable bonds is 4. The fourth-order valence-electron chi connectivity index (χ4n) is 2.39. The van der Waals surface area contributed by atoms with Gasteiger partial charge < -0.3 is 10.2 Å². The molecule has 2 heteroatoms. The van der Waals surface area contributed by atoms with Gasteiger partial charge in [-0.05, 0) is 45.0 Å². The fourth-order valence-corrected chi connectivity index (χ4v) is 2.39. The molecule has 0 spiro atoms. The second kappa shape index (κ2) is 5.90. The Morgan fingerprint density at radius 3 is 2.50 bits per heavy atom. The number of hydrogen-bond acceptors (Lipinski definition) is 2. The highest BCUT2D eigenvalue weighted by molar-refractivity contribution is 5.43. The quantitative estimate of drug-likeness (QED) is 0.836. The average molecular weight is 218 g/mol. The molecule has 1 fully saturated rings. The van der Waals surface area contributed by atoms with Crippen LogP contribution in [0.3, 0.4) is 0 Å². The monoisotopic (exact) mass is 218 g/mol. The SMILES string of the molecule is C[C@@H](CN1CCCCC1)Nc1ccccc1. The lowest BCUT2D eigenvalue weighted by Gasteiger charge is -2.29. The molecule has 0 saturated carbocycles. The first-order chi connectivity index (χ1) is 7.84.